The summed E-state index contributed by atoms with van der Waals surface area (Å²) in [5.74, 6) is 0.216. The van der Waals surface area contributed by atoms with Crippen molar-refractivity contribution in [1.82, 2.24) is 4.98 Å². The Labute approximate surface area is 152 Å². The van der Waals surface area contributed by atoms with E-state index < -0.39 is 0 Å². The smallest absolute Gasteiger partial charge is 0.125 e. The fraction of sp³-hybridized carbons (Fsp3) is 0. The molecule has 0 aliphatic carbocycles. The molecular formula is C23H18N2O. The average molecular weight is 338 g/mol. The number of benzene rings is 3. The molecule has 0 unspecified atom stereocenters. The van der Waals surface area contributed by atoms with Crippen LogP contribution in [-0.4, -0.2) is 10.1 Å². The van der Waals surface area contributed by atoms with E-state index in [4.69, 9.17) is 0 Å². The highest BCUT2D eigenvalue weighted by Gasteiger charge is 2.14. The number of phenolic OH excluding ortho intramolecular Hbond substituents is 1. The Morgan fingerprint density at radius 3 is 1.81 bits per heavy atom. The lowest BCUT2D eigenvalue weighted by molar-refractivity contribution is 0.477. The van der Waals surface area contributed by atoms with Gasteiger partial charge in [0, 0.05) is 28.8 Å². The SMILES string of the molecule is Oc1ccc(N(c2ccccc2)c2ccccc2)cc1-c1ccccn1. The molecule has 26 heavy (non-hydrogen) atoms. The first kappa shape index (κ1) is 15.9. The van der Waals surface area contributed by atoms with E-state index in [2.05, 4.69) is 34.1 Å². The van der Waals surface area contributed by atoms with Gasteiger partial charge in [-0.3, -0.25) is 4.98 Å². The molecule has 3 aromatic carbocycles. The second kappa shape index (κ2) is 7.11. The lowest BCUT2D eigenvalue weighted by atomic mass is 10.1. The molecule has 0 spiro atoms. The third-order valence-electron chi connectivity index (χ3n) is 4.21. The number of rotatable bonds is 4. The number of anilines is 3. The Hall–Kier alpha value is -3.59. The zero-order chi connectivity index (χ0) is 17.8. The summed E-state index contributed by atoms with van der Waals surface area (Å²) in [7, 11) is 0. The average Bonchev–Trinajstić information content (AvgIpc) is 2.72. The van der Waals surface area contributed by atoms with E-state index in [1.807, 2.05) is 66.7 Å². The molecule has 0 bridgehead atoms. The van der Waals surface area contributed by atoms with Gasteiger partial charge in [-0.2, -0.15) is 0 Å². The summed E-state index contributed by atoms with van der Waals surface area (Å²) in [5.41, 5.74) is 4.52. The fourth-order valence-electron chi connectivity index (χ4n) is 2.99. The van der Waals surface area contributed by atoms with Crippen molar-refractivity contribution in [2.24, 2.45) is 0 Å². The van der Waals surface area contributed by atoms with Crippen LogP contribution < -0.4 is 4.90 Å². The first-order valence-corrected chi connectivity index (χ1v) is 8.47. The summed E-state index contributed by atoms with van der Waals surface area (Å²) in [5, 5.41) is 10.4. The second-order valence-corrected chi connectivity index (χ2v) is 5.92. The van der Waals surface area contributed by atoms with Crippen LogP contribution in [0.2, 0.25) is 0 Å². The molecule has 0 saturated carbocycles. The van der Waals surface area contributed by atoms with Crippen molar-refractivity contribution in [3.63, 3.8) is 0 Å². The van der Waals surface area contributed by atoms with Crippen molar-refractivity contribution in [3.8, 4) is 17.0 Å². The number of aromatic nitrogens is 1. The molecule has 4 aromatic rings. The van der Waals surface area contributed by atoms with Gasteiger partial charge in [-0.05, 0) is 54.6 Å². The zero-order valence-electron chi connectivity index (χ0n) is 14.2. The van der Waals surface area contributed by atoms with Gasteiger partial charge in [0.1, 0.15) is 5.75 Å². The minimum Gasteiger partial charge on any atom is -0.507 e. The van der Waals surface area contributed by atoms with E-state index in [9.17, 15) is 5.11 Å². The van der Waals surface area contributed by atoms with Crippen LogP contribution in [0.1, 0.15) is 0 Å². The van der Waals surface area contributed by atoms with Crippen LogP contribution in [-0.2, 0) is 0 Å². The maximum atomic E-state index is 10.4. The van der Waals surface area contributed by atoms with Gasteiger partial charge in [0.2, 0.25) is 0 Å². The summed E-state index contributed by atoms with van der Waals surface area (Å²) in [6, 6.07) is 31.7. The van der Waals surface area contributed by atoms with Crippen LogP contribution in [0.5, 0.6) is 5.75 Å². The number of aromatic hydroxyl groups is 1. The number of pyridine rings is 1. The number of phenols is 1. The number of para-hydroxylation sites is 2. The Morgan fingerprint density at radius 1 is 0.615 bits per heavy atom. The molecule has 1 aromatic heterocycles. The molecule has 0 radical (unpaired) electrons. The van der Waals surface area contributed by atoms with Crippen LogP contribution in [0, 0.1) is 0 Å². The van der Waals surface area contributed by atoms with Gasteiger partial charge in [0.05, 0.1) is 5.69 Å². The third kappa shape index (κ3) is 3.15. The summed E-state index contributed by atoms with van der Waals surface area (Å²) in [4.78, 5) is 6.54. The van der Waals surface area contributed by atoms with Gasteiger partial charge < -0.3 is 10.0 Å². The lowest BCUT2D eigenvalue weighted by Gasteiger charge is -2.26. The summed E-state index contributed by atoms with van der Waals surface area (Å²) in [6.45, 7) is 0. The number of hydrogen-bond acceptors (Lipinski definition) is 3. The van der Waals surface area contributed by atoms with Crippen molar-refractivity contribution >= 4 is 17.1 Å². The predicted octanol–water partition coefficient (Wildman–Crippen LogP) is 5.92. The van der Waals surface area contributed by atoms with E-state index >= 15 is 0 Å². The van der Waals surface area contributed by atoms with E-state index in [0.29, 0.717) is 5.56 Å². The van der Waals surface area contributed by atoms with E-state index in [1.54, 1.807) is 12.3 Å². The number of hydrogen-bond donors (Lipinski definition) is 1. The molecule has 1 heterocycles. The second-order valence-electron chi connectivity index (χ2n) is 5.92. The predicted molar refractivity (Wildman–Crippen MR) is 106 cm³/mol. The van der Waals surface area contributed by atoms with Gasteiger partial charge >= 0.3 is 0 Å². The van der Waals surface area contributed by atoms with Crippen LogP contribution in [0.4, 0.5) is 17.1 Å². The number of nitrogens with zero attached hydrogens (tertiary/aromatic N) is 2. The topological polar surface area (TPSA) is 36.4 Å². The van der Waals surface area contributed by atoms with Gasteiger partial charge in [0.15, 0.2) is 0 Å². The molecule has 0 aliphatic rings. The monoisotopic (exact) mass is 338 g/mol. The van der Waals surface area contributed by atoms with E-state index in [1.165, 1.54) is 0 Å². The lowest BCUT2D eigenvalue weighted by Crippen LogP contribution is -2.09. The molecule has 126 valence electrons. The molecule has 3 nitrogen and oxygen atoms in total. The molecule has 4 rings (SSSR count). The minimum absolute atomic E-state index is 0.216. The fourth-order valence-corrected chi connectivity index (χ4v) is 2.99. The summed E-state index contributed by atoms with van der Waals surface area (Å²) in [6.07, 6.45) is 1.73. The van der Waals surface area contributed by atoms with Crippen molar-refractivity contribution in [2.75, 3.05) is 4.90 Å². The highest BCUT2D eigenvalue weighted by Crippen LogP contribution is 2.38. The Morgan fingerprint density at radius 2 is 1.23 bits per heavy atom. The molecule has 3 heteroatoms. The molecule has 1 N–H and O–H groups in total. The first-order valence-electron chi connectivity index (χ1n) is 8.47. The molecule has 0 amide bonds. The highest BCUT2D eigenvalue weighted by atomic mass is 16.3. The highest BCUT2D eigenvalue weighted by molar-refractivity contribution is 5.81. The van der Waals surface area contributed by atoms with Gasteiger partial charge in [-0.1, -0.05) is 42.5 Å². The van der Waals surface area contributed by atoms with Crippen LogP contribution in [0.15, 0.2) is 103 Å². The minimum atomic E-state index is 0.216. The normalized spacial score (nSPS) is 10.5. The van der Waals surface area contributed by atoms with Gasteiger partial charge in [-0.25, -0.2) is 0 Å². The van der Waals surface area contributed by atoms with E-state index in [-0.39, 0.29) is 5.75 Å². The Kier molecular flexibility index (Phi) is 4.35. The van der Waals surface area contributed by atoms with Crippen molar-refractivity contribution < 1.29 is 5.11 Å². The van der Waals surface area contributed by atoms with Crippen molar-refractivity contribution in [2.45, 2.75) is 0 Å². The first-order chi connectivity index (χ1) is 12.8. The summed E-state index contributed by atoms with van der Waals surface area (Å²) < 4.78 is 0. The van der Waals surface area contributed by atoms with Crippen LogP contribution in [0.3, 0.4) is 0 Å². The summed E-state index contributed by atoms with van der Waals surface area (Å²) >= 11 is 0. The molecular weight excluding hydrogens is 320 g/mol. The zero-order valence-corrected chi connectivity index (χ0v) is 14.2. The van der Waals surface area contributed by atoms with Crippen LogP contribution in [0.25, 0.3) is 11.3 Å². The quantitative estimate of drug-likeness (QED) is 0.501. The largest absolute Gasteiger partial charge is 0.507 e. The Bertz CT molecular complexity index is 947. The molecule has 0 fully saturated rings. The Balaban J connectivity index is 1.87. The van der Waals surface area contributed by atoms with Gasteiger partial charge in [0.25, 0.3) is 0 Å². The van der Waals surface area contributed by atoms with E-state index in [0.717, 1.165) is 22.8 Å². The van der Waals surface area contributed by atoms with Crippen LogP contribution >= 0.6 is 0 Å². The van der Waals surface area contributed by atoms with Gasteiger partial charge in [-0.15, -0.1) is 0 Å². The molecule has 0 atom stereocenters. The third-order valence-corrected chi connectivity index (χ3v) is 4.21. The van der Waals surface area contributed by atoms with Crippen molar-refractivity contribution in [3.05, 3.63) is 103 Å². The molecule has 0 saturated heterocycles. The molecule has 0 aliphatic heterocycles. The van der Waals surface area contributed by atoms with Crippen molar-refractivity contribution in [1.29, 1.82) is 0 Å². The standard InChI is InChI=1S/C23H18N2O/c26-23-15-14-20(17-21(23)22-13-7-8-16-24-22)25(18-9-3-1-4-10-18)19-11-5-2-6-12-19/h1-17,26H. The maximum absolute atomic E-state index is 10.4. The maximum Gasteiger partial charge on any atom is 0.125 e.